The predicted molar refractivity (Wildman–Crippen MR) is 119 cm³/mol. The highest BCUT2D eigenvalue weighted by Crippen LogP contribution is 2.38. The molecule has 9 heteroatoms. The minimum absolute atomic E-state index is 0.642. The molecule has 2 aromatic carbocycles. The second-order valence-corrected chi connectivity index (χ2v) is 9.52. The van der Waals surface area contributed by atoms with E-state index in [1.807, 2.05) is 24.3 Å². The van der Waals surface area contributed by atoms with E-state index >= 15 is 0 Å². The van der Waals surface area contributed by atoms with Crippen LogP contribution < -0.4 is 9.80 Å². The van der Waals surface area contributed by atoms with Gasteiger partial charge in [-0.25, -0.2) is 9.97 Å². The predicted octanol–water partition coefficient (Wildman–Crippen LogP) is 6.19. The highest BCUT2D eigenvalue weighted by molar-refractivity contribution is 7.23. The molecule has 5 rings (SSSR count). The number of fused-ring (bicyclic) bond motifs is 2. The topological polar surface area (TPSA) is 32.3 Å². The third-order valence-corrected chi connectivity index (χ3v) is 7.79. The highest BCUT2D eigenvalue weighted by Gasteiger charge is 2.23. The monoisotopic (exact) mass is 454 g/mol. The SMILES string of the molecule is Clc1ccc2nc(N3CCN(c4nc5c(Cl)ccc(Cl)c5s4)CC3)sc2c1. The smallest absolute Gasteiger partial charge is 0.186 e. The highest BCUT2D eigenvalue weighted by atomic mass is 35.5. The Balaban J connectivity index is 1.36. The fourth-order valence-electron chi connectivity index (χ4n) is 3.18. The third-order valence-electron chi connectivity index (χ3n) is 4.59. The summed E-state index contributed by atoms with van der Waals surface area (Å²) in [5, 5.41) is 4.10. The molecule has 2 aromatic heterocycles. The van der Waals surface area contributed by atoms with Crippen molar-refractivity contribution in [1.29, 1.82) is 0 Å². The lowest BCUT2D eigenvalue weighted by Gasteiger charge is -2.34. The van der Waals surface area contributed by atoms with Crippen LogP contribution in [-0.2, 0) is 0 Å². The van der Waals surface area contributed by atoms with Gasteiger partial charge < -0.3 is 9.80 Å². The molecule has 0 aliphatic carbocycles. The Hall–Kier alpha value is -1.31. The fraction of sp³-hybridized carbons (Fsp3) is 0.222. The molecular weight excluding hydrogens is 443 g/mol. The Kier molecular flexibility index (Phi) is 4.57. The van der Waals surface area contributed by atoms with Crippen molar-refractivity contribution >= 4 is 88.2 Å². The number of anilines is 2. The fourth-order valence-corrected chi connectivity index (χ4v) is 6.05. The van der Waals surface area contributed by atoms with Crippen LogP contribution in [0.4, 0.5) is 10.3 Å². The molecule has 1 aliphatic heterocycles. The summed E-state index contributed by atoms with van der Waals surface area (Å²) in [4.78, 5) is 14.1. The van der Waals surface area contributed by atoms with Gasteiger partial charge >= 0.3 is 0 Å². The first kappa shape index (κ1) is 17.8. The van der Waals surface area contributed by atoms with Crippen LogP contribution in [0.1, 0.15) is 0 Å². The van der Waals surface area contributed by atoms with Gasteiger partial charge in [0.15, 0.2) is 10.3 Å². The van der Waals surface area contributed by atoms with E-state index in [0.29, 0.717) is 10.0 Å². The van der Waals surface area contributed by atoms with Crippen molar-refractivity contribution in [3.05, 3.63) is 45.4 Å². The third kappa shape index (κ3) is 3.23. The van der Waals surface area contributed by atoms with Gasteiger partial charge in [0.05, 0.1) is 25.0 Å². The molecule has 3 heterocycles. The van der Waals surface area contributed by atoms with E-state index in [9.17, 15) is 0 Å². The Morgan fingerprint density at radius 2 is 1.44 bits per heavy atom. The summed E-state index contributed by atoms with van der Waals surface area (Å²) in [5.41, 5.74) is 1.78. The molecule has 0 radical (unpaired) electrons. The summed E-state index contributed by atoms with van der Waals surface area (Å²) >= 11 is 22.0. The van der Waals surface area contributed by atoms with Gasteiger partial charge in [0.2, 0.25) is 0 Å². The number of nitrogens with zero attached hydrogens (tertiary/aromatic N) is 4. The molecule has 0 amide bonds. The van der Waals surface area contributed by atoms with E-state index in [1.165, 1.54) is 0 Å². The maximum Gasteiger partial charge on any atom is 0.186 e. The Morgan fingerprint density at radius 3 is 2.15 bits per heavy atom. The summed E-state index contributed by atoms with van der Waals surface area (Å²) in [5.74, 6) is 0. The summed E-state index contributed by atoms with van der Waals surface area (Å²) in [6.45, 7) is 3.55. The van der Waals surface area contributed by atoms with Gasteiger partial charge in [0, 0.05) is 31.2 Å². The van der Waals surface area contributed by atoms with Crippen molar-refractivity contribution in [2.24, 2.45) is 0 Å². The molecule has 1 aliphatic rings. The summed E-state index contributed by atoms with van der Waals surface area (Å²) in [6.07, 6.45) is 0. The Bertz CT molecular complexity index is 1110. The molecule has 0 spiro atoms. The van der Waals surface area contributed by atoms with Crippen LogP contribution in [0.3, 0.4) is 0 Å². The van der Waals surface area contributed by atoms with Crippen LogP contribution in [0.2, 0.25) is 15.1 Å². The number of hydrogen-bond donors (Lipinski definition) is 0. The van der Waals surface area contributed by atoms with Crippen LogP contribution in [0.15, 0.2) is 30.3 Å². The summed E-state index contributed by atoms with van der Waals surface area (Å²) in [6, 6.07) is 9.46. The van der Waals surface area contributed by atoms with Crippen molar-refractivity contribution in [3.8, 4) is 0 Å². The molecule has 0 atom stereocenters. The van der Waals surface area contributed by atoms with Crippen molar-refractivity contribution in [3.63, 3.8) is 0 Å². The zero-order chi connectivity index (χ0) is 18.5. The largest absolute Gasteiger partial charge is 0.345 e. The number of aromatic nitrogens is 2. The molecule has 138 valence electrons. The van der Waals surface area contributed by atoms with Gasteiger partial charge in [-0.3, -0.25) is 0 Å². The lowest BCUT2D eigenvalue weighted by atomic mass is 10.3. The normalized spacial score (nSPS) is 15.2. The van der Waals surface area contributed by atoms with Gasteiger partial charge in [0.25, 0.3) is 0 Å². The molecule has 0 bridgehead atoms. The molecule has 1 fully saturated rings. The molecule has 4 aromatic rings. The zero-order valence-electron chi connectivity index (χ0n) is 14.0. The van der Waals surface area contributed by atoms with E-state index in [1.54, 1.807) is 28.7 Å². The number of thiazole rings is 2. The molecule has 0 unspecified atom stereocenters. The number of piperazine rings is 1. The van der Waals surface area contributed by atoms with Crippen molar-refractivity contribution in [2.75, 3.05) is 36.0 Å². The maximum atomic E-state index is 6.30. The van der Waals surface area contributed by atoms with Crippen LogP contribution in [0.5, 0.6) is 0 Å². The average molecular weight is 456 g/mol. The summed E-state index contributed by atoms with van der Waals surface area (Å²) < 4.78 is 2.07. The number of hydrogen-bond acceptors (Lipinski definition) is 6. The van der Waals surface area contributed by atoms with Crippen LogP contribution in [-0.4, -0.2) is 36.1 Å². The lowest BCUT2D eigenvalue weighted by molar-refractivity contribution is 0.651. The van der Waals surface area contributed by atoms with E-state index in [2.05, 4.69) is 9.80 Å². The minimum Gasteiger partial charge on any atom is -0.345 e. The van der Waals surface area contributed by atoms with Gasteiger partial charge in [0.1, 0.15) is 5.52 Å². The van der Waals surface area contributed by atoms with Gasteiger partial charge in [-0.1, -0.05) is 57.5 Å². The molecule has 4 nitrogen and oxygen atoms in total. The van der Waals surface area contributed by atoms with Crippen LogP contribution in [0.25, 0.3) is 20.4 Å². The minimum atomic E-state index is 0.642. The van der Waals surface area contributed by atoms with E-state index in [0.717, 1.165) is 61.9 Å². The first-order valence-electron chi connectivity index (χ1n) is 8.39. The number of benzene rings is 2. The van der Waals surface area contributed by atoms with Gasteiger partial charge in [-0.2, -0.15) is 0 Å². The molecule has 0 N–H and O–H groups in total. The second kappa shape index (κ2) is 6.94. The van der Waals surface area contributed by atoms with Crippen LogP contribution in [0, 0.1) is 0 Å². The lowest BCUT2D eigenvalue weighted by Crippen LogP contribution is -2.46. The molecule has 1 saturated heterocycles. The standard InChI is InChI=1S/C18H13Cl3N4S2/c19-10-1-4-13-14(9-10)26-17(22-13)24-5-7-25(8-6-24)18-23-15-11(20)2-3-12(21)16(15)27-18/h1-4,9H,5-8H2. The van der Waals surface area contributed by atoms with E-state index in [4.69, 9.17) is 44.8 Å². The Morgan fingerprint density at radius 1 is 0.778 bits per heavy atom. The van der Waals surface area contributed by atoms with Crippen LogP contribution >= 0.6 is 57.5 Å². The van der Waals surface area contributed by atoms with Gasteiger partial charge in [-0.15, -0.1) is 0 Å². The molecular formula is C18H13Cl3N4S2. The maximum absolute atomic E-state index is 6.30. The second-order valence-electron chi connectivity index (χ2n) is 6.29. The zero-order valence-corrected chi connectivity index (χ0v) is 17.9. The van der Waals surface area contributed by atoms with E-state index in [-0.39, 0.29) is 0 Å². The number of halogens is 3. The first-order chi connectivity index (χ1) is 13.1. The number of rotatable bonds is 2. The van der Waals surface area contributed by atoms with Crippen molar-refractivity contribution < 1.29 is 0 Å². The van der Waals surface area contributed by atoms with Crippen molar-refractivity contribution in [2.45, 2.75) is 0 Å². The Labute approximate surface area is 178 Å². The van der Waals surface area contributed by atoms with Gasteiger partial charge in [-0.05, 0) is 30.3 Å². The summed E-state index contributed by atoms with van der Waals surface area (Å²) in [7, 11) is 0. The molecule has 0 saturated carbocycles. The van der Waals surface area contributed by atoms with Crippen molar-refractivity contribution in [1.82, 2.24) is 9.97 Å². The molecule has 27 heavy (non-hydrogen) atoms. The quantitative estimate of drug-likeness (QED) is 0.360. The average Bonchev–Trinajstić information content (AvgIpc) is 3.30. The first-order valence-corrected chi connectivity index (χ1v) is 11.2. The van der Waals surface area contributed by atoms with E-state index < -0.39 is 0 Å².